The molecule has 1 amide bonds. The summed E-state index contributed by atoms with van der Waals surface area (Å²) in [6, 6.07) is 3.73. The van der Waals surface area contributed by atoms with Crippen molar-refractivity contribution in [1.82, 2.24) is 5.32 Å². The highest BCUT2D eigenvalue weighted by atomic mass is 16.3. The second-order valence-corrected chi connectivity index (χ2v) is 5.28. The summed E-state index contributed by atoms with van der Waals surface area (Å²) >= 11 is 0. The molecule has 3 rings (SSSR count). The van der Waals surface area contributed by atoms with E-state index in [1.54, 1.807) is 6.26 Å². The SMILES string of the molecule is O=C(NCc1ccco1)[C@@H]1[C@@H]2C=CCCCC[C@@H]21. The lowest BCUT2D eigenvalue weighted by atomic mass is 10.1. The van der Waals surface area contributed by atoms with Crippen LogP contribution in [-0.2, 0) is 11.3 Å². The van der Waals surface area contributed by atoms with Gasteiger partial charge in [0.2, 0.25) is 5.91 Å². The summed E-state index contributed by atoms with van der Waals surface area (Å²) in [6.45, 7) is 0.505. The Morgan fingerprint density at radius 2 is 2.39 bits per heavy atom. The molecule has 0 aromatic carbocycles. The Morgan fingerprint density at radius 1 is 1.44 bits per heavy atom. The molecule has 0 aliphatic heterocycles. The van der Waals surface area contributed by atoms with Crippen LogP contribution in [0.3, 0.4) is 0 Å². The van der Waals surface area contributed by atoms with Gasteiger partial charge in [-0.1, -0.05) is 18.6 Å². The molecule has 2 aliphatic carbocycles. The topological polar surface area (TPSA) is 42.2 Å². The van der Waals surface area contributed by atoms with Gasteiger partial charge >= 0.3 is 0 Å². The molecular formula is C15H19NO2. The van der Waals surface area contributed by atoms with Gasteiger partial charge in [0.25, 0.3) is 0 Å². The molecule has 3 nitrogen and oxygen atoms in total. The van der Waals surface area contributed by atoms with E-state index in [0.717, 1.165) is 5.76 Å². The van der Waals surface area contributed by atoms with Crippen molar-refractivity contribution in [3.8, 4) is 0 Å². The Balaban J connectivity index is 1.54. The second-order valence-electron chi connectivity index (χ2n) is 5.28. The maximum atomic E-state index is 12.1. The van der Waals surface area contributed by atoms with Gasteiger partial charge in [0.1, 0.15) is 5.76 Å². The number of rotatable bonds is 3. The first kappa shape index (κ1) is 11.6. The van der Waals surface area contributed by atoms with Crippen molar-refractivity contribution in [1.29, 1.82) is 0 Å². The number of amides is 1. The highest BCUT2D eigenvalue weighted by molar-refractivity contribution is 5.82. The summed E-state index contributed by atoms with van der Waals surface area (Å²) in [5, 5.41) is 2.98. The molecule has 0 radical (unpaired) electrons. The first-order valence-corrected chi connectivity index (χ1v) is 6.83. The van der Waals surface area contributed by atoms with E-state index in [1.807, 2.05) is 12.1 Å². The van der Waals surface area contributed by atoms with Crippen molar-refractivity contribution < 1.29 is 9.21 Å². The summed E-state index contributed by atoms with van der Waals surface area (Å²) in [7, 11) is 0. The molecule has 0 unspecified atom stereocenters. The van der Waals surface area contributed by atoms with E-state index in [9.17, 15) is 4.79 Å². The molecule has 3 atom stereocenters. The fourth-order valence-electron chi connectivity index (χ4n) is 3.00. The van der Waals surface area contributed by atoms with Crippen LogP contribution in [0.2, 0.25) is 0 Å². The van der Waals surface area contributed by atoms with Crippen molar-refractivity contribution >= 4 is 5.91 Å². The van der Waals surface area contributed by atoms with Gasteiger partial charge in [-0.3, -0.25) is 4.79 Å². The quantitative estimate of drug-likeness (QED) is 0.832. The van der Waals surface area contributed by atoms with Crippen molar-refractivity contribution in [2.24, 2.45) is 17.8 Å². The van der Waals surface area contributed by atoms with Crippen LogP contribution in [-0.4, -0.2) is 5.91 Å². The first-order valence-electron chi connectivity index (χ1n) is 6.83. The predicted octanol–water partition coefficient (Wildman–Crippen LogP) is 2.89. The molecule has 1 N–H and O–H groups in total. The highest BCUT2D eigenvalue weighted by Crippen LogP contribution is 2.51. The Kier molecular flexibility index (Phi) is 3.22. The molecule has 1 aromatic heterocycles. The summed E-state index contributed by atoms with van der Waals surface area (Å²) < 4.78 is 5.21. The zero-order chi connectivity index (χ0) is 12.4. The number of carbonyl (C=O) groups excluding carboxylic acids is 1. The maximum absolute atomic E-state index is 12.1. The van der Waals surface area contributed by atoms with Crippen molar-refractivity contribution in [2.45, 2.75) is 32.2 Å². The van der Waals surface area contributed by atoms with Gasteiger partial charge in [-0.15, -0.1) is 0 Å². The Bertz CT molecular complexity index is 435. The zero-order valence-electron chi connectivity index (χ0n) is 10.5. The summed E-state index contributed by atoms with van der Waals surface area (Å²) in [6.07, 6.45) is 11.0. The van der Waals surface area contributed by atoms with E-state index in [0.29, 0.717) is 18.4 Å². The third-order valence-corrected chi connectivity index (χ3v) is 4.07. The van der Waals surface area contributed by atoms with E-state index in [-0.39, 0.29) is 11.8 Å². The lowest BCUT2D eigenvalue weighted by Gasteiger charge is -2.02. The van der Waals surface area contributed by atoms with Gasteiger partial charge < -0.3 is 9.73 Å². The van der Waals surface area contributed by atoms with Crippen LogP contribution in [0.4, 0.5) is 0 Å². The largest absolute Gasteiger partial charge is 0.467 e. The average Bonchev–Trinajstić information content (AvgIpc) is 2.79. The van der Waals surface area contributed by atoms with Crippen LogP contribution in [0.1, 0.15) is 31.4 Å². The lowest BCUT2D eigenvalue weighted by Crippen LogP contribution is -2.25. The molecule has 2 aliphatic rings. The van der Waals surface area contributed by atoms with Crippen LogP contribution < -0.4 is 5.32 Å². The lowest BCUT2D eigenvalue weighted by molar-refractivity contribution is -0.123. The van der Waals surface area contributed by atoms with E-state index >= 15 is 0 Å². The summed E-state index contributed by atoms with van der Waals surface area (Å²) in [4.78, 5) is 12.1. The minimum Gasteiger partial charge on any atom is -0.467 e. The van der Waals surface area contributed by atoms with Crippen molar-refractivity contribution in [3.05, 3.63) is 36.3 Å². The Labute approximate surface area is 107 Å². The third-order valence-electron chi connectivity index (χ3n) is 4.07. The van der Waals surface area contributed by atoms with E-state index in [1.165, 1.54) is 25.7 Å². The van der Waals surface area contributed by atoms with E-state index < -0.39 is 0 Å². The molecule has 96 valence electrons. The molecule has 1 saturated carbocycles. The molecule has 1 fully saturated rings. The predicted molar refractivity (Wildman–Crippen MR) is 68.6 cm³/mol. The molecule has 1 aromatic rings. The number of nitrogens with one attached hydrogen (secondary N) is 1. The zero-order valence-corrected chi connectivity index (χ0v) is 10.5. The molecule has 1 heterocycles. The molecule has 3 heteroatoms. The molecule has 0 saturated heterocycles. The van der Waals surface area contributed by atoms with Crippen LogP contribution in [0.5, 0.6) is 0 Å². The Hall–Kier alpha value is -1.51. The average molecular weight is 245 g/mol. The number of hydrogen-bond donors (Lipinski definition) is 1. The number of furan rings is 1. The van der Waals surface area contributed by atoms with Crippen LogP contribution in [0.25, 0.3) is 0 Å². The van der Waals surface area contributed by atoms with Crippen molar-refractivity contribution in [3.63, 3.8) is 0 Å². The van der Waals surface area contributed by atoms with Gasteiger partial charge in [-0.25, -0.2) is 0 Å². The second kappa shape index (κ2) is 5.01. The smallest absolute Gasteiger partial charge is 0.224 e. The number of hydrogen-bond acceptors (Lipinski definition) is 2. The van der Waals surface area contributed by atoms with Gasteiger partial charge in [-0.05, 0) is 43.2 Å². The van der Waals surface area contributed by atoms with E-state index in [2.05, 4.69) is 17.5 Å². The van der Waals surface area contributed by atoms with Gasteiger partial charge in [-0.2, -0.15) is 0 Å². The first-order chi connectivity index (χ1) is 8.86. The fraction of sp³-hybridized carbons (Fsp3) is 0.533. The summed E-state index contributed by atoms with van der Waals surface area (Å²) in [5.41, 5.74) is 0. The summed E-state index contributed by atoms with van der Waals surface area (Å²) in [5.74, 6) is 2.28. The number of carbonyl (C=O) groups is 1. The van der Waals surface area contributed by atoms with Crippen molar-refractivity contribution in [2.75, 3.05) is 0 Å². The van der Waals surface area contributed by atoms with Crippen LogP contribution >= 0.6 is 0 Å². The van der Waals surface area contributed by atoms with Gasteiger partial charge in [0.05, 0.1) is 12.8 Å². The number of fused-ring (bicyclic) bond motifs is 1. The standard InChI is InChI=1S/C15H19NO2/c17-15(16-10-11-6-5-9-18-11)14-12-7-3-1-2-4-8-13(12)14/h3,5-7,9,12-14H,1-2,4,8,10H2,(H,16,17)/t12-,13+,14-/m1/s1. The maximum Gasteiger partial charge on any atom is 0.224 e. The van der Waals surface area contributed by atoms with Gasteiger partial charge in [0.15, 0.2) is 0 Å². The minimum absolute atomic E-state index is 0.188. The van der Waals surface area contributed by atoms with Gasteiger partial charge in [0, 0.05) is 5.92 Å². The normalized spacial score (nSPS) is 30.1. The van der Waals surface area contributed by atoms with Crippen LogP contribution in [0, 0.1) is 17.8 Å². The molecular weight excluding hydrogens is 226 g/mol. The minimum atomic E-state index is 0.188. The Morgan fingerprint density at radius 3 is 3.22 bits per heavy atom. The molecule has 18 heavy (non-hydrogen) atoms. The fourth-order valence-corrected chi connectivity index (χ4v) is 3.00. The number of allylic oxidation sites excluding steroid dienone is 2. The monoisotopic (exact) mass is 245 g/mol. The van der Waals surface area contributed by atoms with Crippen LogP contribution in [0.15, 0.2) is 35.0 Å². The highest BCUT2D eigenvalue weighted by Gasteiger charge is 2.52. The molecule has 0 spiro atoms. The third kappa shape index (κ3) is 2.35. The van der Waals surface area contributed by atoms with E-state index in [4.69, 9.17) is 4.42 Å². The molecule has 0 bridgehead atoms.